The van der Waals surface area contributed by atoms with Crippen molar-refractivity contribution in [2.75, 3.05) is 31.5 Å². The summed E-state index contributed by atoms with van der Waals surface area (Å²) in [6.45, 7) is 2.69. The van der Waals surface area contributed by atoms with Crippen LogP contribution in [-0.2, 0) is 15.8 Å². The third-order valence-electron chi connectivity index (χ3n) is 4.16. The van der Waals surface area contributed by atoms with Crippen molar-refractivity contribution in [3.05, 3.63) is 30.6 Å². The van der Waals surface area contributed by atoms with Crippen molar-refractivity contribution in [3.8, 4) is 5.75 Å². The summed E-state index contributed by atoms with van der Waals surface area (Å²) in [5, 5.41) is 0.532. The fraction of sp³-hybridized carbons (Fsp3) is 0.421. The van der Waals surface area contributed by atoms with Gasteiger partial charge >= 0.3 is 6.18 Å². The number of anilines is 1. The number of hydrogen-bond acceptors (Lipinski definition) is 8. The molecule has 14 heteroatoms. The third kappa shape index (κ3) is 7.60. The van der Waals surface area contributed by atoms with Crippen molar-refractivity contribution in [1.29, 1.82) is 0 Å². The van der Waals surface area contributed by atoms with Crippen LogP contribution in [0.25, 0.3) is 11.2 Å². The number of halogens is 3. The Kier molecular flexibility index (Phi) is 8.22. The van der Waals surface area contributed by atoms with E-state index in [0.29, 0.717) is 22.8 Å². The molecule has 3 rings (SSSR count). The second-order valence-electron chi connectivity index (χ2n) is 7.08. The van der Waals surface area contributed by atoms with Crippen molar-refractivity contribution in [3.63, 3.8) is 0 Å². The second-order valence-corrected chi connectivity index (χ2v) is 10.4. The molecular formula is C19H23F3N5O4PS. The van der Waals surface area contributed by atoms with Gasteiger partial charge in [0, 0.05) is 11.4 Å². The Hall–Kier alpha value is -2.34. The van der Waals surface area contributed by atoms with Gasteiger partial charge in [-0.1, -0.05) is 18.7 Å². The van der Waals surface area contributed by atoms with Crippen LogP contribution in [0.1, 0.15) is 13.3 Å². The molecule has 1 aromatic carbocycles. The van der Waals surface area contributed by atoms with Crippen LogP contribution in [0.4, 0.5) is 19.1 Å². The summed E-state index contributed by atoms with van der Waals surface area (Å²) in [6, 6.07) is 7.49. The summed E-state index contributed by atoms with van der Waals surface area (Å²) in [5.41, 5.74) is 6.76. The number of imidazole rings is 1. The van der Waals surface area contributed by atoms with E-state index in [2.05, 4.69) is 15.0 Å². The van der Waals surface area contributed by atoms with Crippen LogP contribution < -0.4 is 10.5 Å². The average Bonchev–Trinajstić information content (AvgIpc) is 3.12. The number of nitrogens with two attached hydrogens (primary N) is 1. The van der Waals surface area contributed by atoms with E-state index in [1.807, 2.05) is 31.2 Å². The lowest BCUT2D eigenvalue weighted by atomic mass is 10.3. The Labute approximate surface area is 192 Å². The lowest BCUT2D eigenvalue weighted by Crippen LogP contribution is -2.17. The Morgan fingerprint density at radius 1 is 1.21 bits per heavy atom. The fourth-order valence-electron chi connectivity index (χ4n) is 2.80. The van der Waals surface area contributed by atoms with Crippen LogP contribution in [0.15, 0.2) is 40.5 Å². The molecule has 1 atom stereocenters. The molecule has 0 saturated carbocycles. The summed E-state index contributed by atoms with van der Waals surface area (Å²) in [5.74, 6) is 0.793. The normalized spacial score (nSPS) is 13.8. The molecule has 0 aliphatic carbocycles. The van der Waals surface area contributed by atoms with Crippen molar-refractivity contribution in [1.82, 2.24) is 19.5 Å². The molecule has 1 unspecified atom stereocenters. The van der Waals surface area contributed by atoms with Crippen LogP contribution in [0.3, 0.4) is 0 Å². The molecule has 0 aliphatic rings. The summed E-state index contributed by atoms with van der Waals surface area (Å²) >= 11 is 1.34. The van der Waals surface area contributed by atoms with Gasteiger partial charge in [-0.2, -0.15) is 18.2 Å². The zero-order valence-corrected chi connectivity index (χ0v) is 19.4. The minimum atomic E-state index is -4.74. The Morgan fingerprint density at radius 2 is 1.94 bits per heavy atom. The third-order valence-corrected chi connectivity index (χ3v) is 6.58. The van der Waals surface area contributed by atoms with Gasteiger partial charge in [0.05, 0.1) is 19.5 Å². The van der Waals surface area contributed by atoms with E-state index in [0.717, 1.165) is 17.1 Å². The van der Waals surface area contributed by atoms with Crippen LogP contribution in [0.2, 0.25) is 0 Å². The number of alkyl halides is 3. The first kappa shape index (κ1) is 25.3. The van der Waals surface area contributed by atoms with Gasteiger partial charge in [-0.25, -0.2) is 9.97 Å². The molecular weight excluding hydrogens is 482 g/mol. The van der Waals surface area contributed by atoms with Gasteiger partial charge in [-0.3, -0.25) is 4.57 Å². The van der Waals surface area contributed by atoms with Crippen LogP contribution in [-0.4, -0.2) is 56.3 Å². The minimum Gasteiger partial charge on any atom is -0.494 e. The van der Waals surface area contributed by atoms with E-state index in [4.69, 9.17) is 15.2 Å². The van der Waals surface area contributed by atoms with E-state index in [1.54, 1.807) is 4.57 Å². The standard InChI is InChI=1S/C19H23F3N5O4PS/c1-2-8-31-13-3-5-14(6-4-13)33-17-15-16(25-18(23)26-17)27(11-24-15)7-9-30-12-32(28,29)10-19(20,21)22/h3-6,11H,2,7-10,12H2,1H3,(H,28,29)(H2,23,25,26). The maximum absolute atomic E-state index is 12.3. The highest BCUT2D eigenvalue weighted by Gasteiger charge is 2.38. The molecule has 0 radical (unpaired) electrons. The van der Waals surface area contributed by atoms with Gasteiger partial charge in [0.2, 0.25) is 13.3 Å². The molecule has 2 aromatic heterocycles. The topological polar surface area (TPSA) is 125 Å². The van der Waals surface area contributed by atoms with E-state index in [1.165, 1.54) is 18.1 Å². The smallest absolute Gasteiger partial charge is 0.398 e. The number of hydrogen-bond donors (Lipinski definition) is 2. The molecule has 0 saturated heterocycles. The van der Waals surface area contributed by atoms with Gasteiger partial charge in [-0.15, -0.1) is 0 Å². The van der Waals surface area contributed by atoms with Crippen LogP contribution >= 0.6 is 19.1 Å². The number of rotatable bonds is 11. The number of fused-ring (bicyclic) bond motifs is 1. The largest absolute Gasteiger partial charge is 0.494 e. The summed E-state index contributed by atoms with van der Waals surface area (Å²) in [7, 11) is -4.46. The van der Waals surface area contributed by atoms with Gasteiger partial charge in [0.25, 0.3) is 0 Å². The summed E-state index contributed by atoms with van der Waals surface area (Å²) in [4.78, 5) is 23.0. The molecule has 3 N–H and O–H groups in total. The quantitative estimate of drug-likeness (QED) is 0.224. The molecule has 0 fully saturated rings. The molecule has 33 heavy (non-hydrogen) atoms. The molecule has 0 aliphatic heterocycles. The lowest BCUT2D eigenvalue weighted by molar-refractivity contribution is -0.108. The van der Waals surface area contributed by atoms with Gasteiger partial charge in [0.15, 0.2) is 5.65 Å². The minimum absolute atomic E-state index is 0.0283. The maximum Gasteiger partial charge on any atom is 0.398 e. The number of nitrogens with zero attached hydrogens (tertiary/aromatic N) is 4. The highest BCUT2D eigenvalue weighted by atomic mass is 32.2. The number of benzene rings is 1. The molecule has 9 nitrogen and oxygen atoms in total. The Morgan fingerprint density at radius 3 is 2.61 bits per heavy atom. The molecule has 0 amide bonds. The van der Waals surface area contributed by atoms with Gasteiger partial charge in [-0.05, 0) is 30.7 Å². The van der Waals surface area contributed by atoms with Gasteiger partial charge in [0.1, 0.15) is 28.8 Å². The molecule has 2 heterocycles. The van der Waals surface area contributed by atoms with E-state index >= 15 is 0 Å². The van der Waals surface area contributed by atoms with Gasteiger partial charge < -0.3 is 24.7 Å². The number of ether oxygens (including phenoxy) is 2. The summed E-state index contributed by atoms with van der Waals surface area (Å²) in [6.07, 6.45) is -5.03. The van der Waals surface area contributed by atoms with Crippen molar-refractivity contribution >= 4 is 36.2 Å². The SMILES string of the molecule is CCCOc1ccc(Sc2nc(N)nc3c2ncn3CCOCP(=O)(O)CC(F)(F)F)cc1. The lowest BCUT2D eigenvalue weighted by Gasteiger charge is -2.14. The maximum atomic E-state index is 12.3. The highest BCUT2D eigenvalue weighted by molar-refractivity contribution is 7.99. The monoisotopic (exact) mass is 505 g/mol. The predicted molar refractivity (Wildman–Crippen MR) is 118 cm³/mol. The zero-order chi connectivity index (χ0) is 24.1. The first-order chi connectivity index (χ1) is 15.6. The van der Waals surface area contributed by atoms with E-state index in [9.17, 15) is 22.6 Å². The highest BCUT2D eigenvalue weighted by Crippen LogP contribution is 2.45. The van der Waals surface area contributed by atoms with Crippen LogP contribution in [0, 0.1) is 0 Å². The zero-order valence-electron chi connectivity index (χ0n) is 17.7. The van der Waals surface area contributed by atoms with Crippen molar-refractivity contribution in [2.45, 2.75) is 36.0 Å². The average molecular weight is 505 g/mol. The first-order valence-electron chi connectivity index (χ1n) is 9.91. The Balaban J connectivity index is 1.66. The molecule has 3 aromatic rings. The summed E-state index contributed by atoms with van der Waals surface area (Å²) < 4.78 is 60.7. The first-order valence-corrected chi connectivity index (χ1v) is 12.8. The molecule has 180 valence electrons. The fourth-order valence-corrected chi connectivity index (χ4v) is 4.74. The molecule has 0 spiro atoms. The van der Waals surface area contributed by atoms with Crippen molar-refractivity contribution in [2.24, 2.45) is 0 Å². The Bertz CT molecular complexity index is 1130. The van der Waals surface area contributed by atoms with E-state index < -0.39 is 26.1 Å². The number of nitrogen functional groups attached to an aromatic ring is 1. The van der Waals surface area contributed by atoms with E-state index in [-0.39, 0.29) is 19.1 Å². The number of aromatic nitrogens is 4. The predicted octanol–water partition coefficient (Wildman–Crippen LogP) is 4.16. The van der Waals surface area contributed by atoms with Crippen molar-refractivity contribution < 1.29 is 32.1 Å². The molecule has 0 bridgehead atoms. The second kappa shape index (κ2) is 10.7. The van der Waals surface area contributed by atoms with Crippen LogP contribution in [0.5, 0.6) is 5.75 Å².